The molecule has 0 spiro atoms. The maximum atomic E-state index is 12.7. The number of amides is 1. The highest BCUT2D eigenvalue weighted by molar-refractivity contribution is 5.82. The van der Waals surface area contributed by atoms with E-state index in [0.717, 1.165) is 29.8 Å². The van der Waals surface area contributed by atoms with Crippen molar-refractivity contribution in [3.63, 3.8) is 0 Å². The summed E-state index contributed by atoms with van der Waals surface area (Å²) >= 11 is 0. The second kappa shape index (κ2) is 9.09. The van der Waals surface area contributed by atoms with Gasteiger partial charge in [-0.2, -0.15) is 10.5 Å². The van der Waals surface area contributed by atoms with E-state index in [4.69, 9.17) is 5.26 Å². The molecule has 2 fully saturated rings. The lowest BCUT2D eigenvalue weighted by molar-refractivity contribution is -0.124. The topological polar surface area (TPSA) is 92.0 Å². The molecule has 2 N–H and O–H groups in total. The number of hydrogen-bond donors (Lipinski definition) is 2. The molecule has 2 aliphatic rings. The Morgan fingerprint density at radius 1 is 1.13 bits per heavy atom. The average molecular weight is 399 g/mol. The normalized spacial score (nSPS) is 21.8. The quantitative estimate of drug-likeness (QED) is 0.804. The molecule has 0 unspecified atom stereocenters. The molecule has 2 aromatic rings. The monoisotopic (exact) mass is 399 g/mol. The van der Waals surface area contributed by atoms with Crippen LogP contribution in [-0.4, -0.2) is 48.6 Å². The van der Waals surface area contributed by atoms with Gasteiger partial charge >= 0.3 is 0 Å². The number of benzene rings is 2. The summed E-state index contributed by atoms with van der Waals surface area (Å²) in [5.74, 6) is -0.0962. The predicted molar refractivity (Wildman–Crippen MR) is 114 cm³/mol. The molecule has 6 heteroatoms. The number of nitrogens with one attached hydrogen (secondary N) is 2. The van der Waals surface area contributed by atoms with E-state index in [1.165, 1.54) is 12.8 Å². The summed E-state index contributed by atoms with van der Waals surface area (Å²) < 4.78 is 0. The fourth-order valence-corrected chi connectivity index (χ4v) is 4.33. The number of carbonyl (C=O) groups excluding carboxylic acids is 1. The van der Waals surface area contributed by atoms with E-state index in [-0.39, 0.29) is 11.9 Å². The lowest BCUT2D eigenvalue weighted by atomic mass is 10.00. The van der Waals surface area contributed by atoms with Gasteiger partial charge in [0.2, 0.25) is 5.91 Å². The standard InChI is InChI=1S/C24H25N5O/c25-13-18-5-9-20(10-6-18)19-7-3-17(4-8-19)12-21(14-26)28-24(30)23-16-29-11-1-2-22(29)15-27-23/h3-10,21-23,27H,1-2,11-12,15-16H2,(H,28,30)/t21-,22-,23-/m0/s1. The van der Waals surface area contributed by atoms with Gasteiger partial charge < -0.3 is 10.6 Å². The highest BCUT2D eigenvalue weighted by Crippen LogP contribution is 2.21. The number of nitrogens with zero attached hydrogens (tertiary/aromatic N) is 3. The molecule has 3 atom stereocenters. The van der Waals surface area contributed by atoms with Gasteiger partial charge in [-0.15, -0.1) is 0 Å². The number of nitriles is 2. The van der Waals surface area contributed by atoms with Crippen molar-refractivity contribution in [1.29, 1.82) is 10.5 Å². The van der Waals surface area contributed by atoms with Crippen LogP contribution in [-0.2, 0) is 11.2 Å². The maximum absolute atomic E-state index is 12.7. The van der Waals surface area contributed by atoms with E-state index < -0.39 is 6.04 Å². The summed E-state index contributed by atoms with van der Waals surface area (Å²) in [6, 6.07) is 19.5. The van der Waals surface area contributed by atoms with Gasteiger partial charge in [-0.1, -0.05) is 36.4 Å². The molecule has 2 aliphatic heterocycles. The first-order chi connectivity index (χ1) is 14.7. The highest BCUT2D eigenvalue weighted by atomic mass is 16.2. The van der Waals surface area contributed by atoms with Crippen molar-refractivity contribution in [2.75, 3.05) is 19.6 Å². The Hall–Kier alpha value is -3.19. The second-order valence-corrected chi connectivity index (χ2v) is 8.03. The zero-order chi connectivity index (χ0) is 20.9. The molecule has 0 aromatic heterocycles. The van der Waals surface area contributed by atoms with E-state index in [2.05, 4.69) is 27.7 Å². The average Bonchev–Trinajstić information content (AvgIpc) is 3.27. The van der Waals surface area contributed by atoms with Crippen LogP contribution in [0.15, 0.2) is 48.5 Å². The second-order valence-electron chi connectivity index (χ2n) is 8.03. The largest absolute Gasteiger partial charge is 0.339 e. The van der Waals surface area contributed by atoms with Crippen LogP contribution in [0.1, 0.15) is 24.0 Å². The SMILES string of the molecule is N#Cc1ccc(-c2ccc(C[C@@H](C#N)NC(=O)[C@@H]3CN4CCC[C@H]4CN3)cc2)cc1. The lowest BCUT2D eigenvalue weighted by Crippen LogP contribution is -2.60. The number of hydrogen-bond acceptors (Lipinski definition) is 5. The molecule has 30 heavy (non-hydrogen) atoms. The van der Waals surface area contributed by atoms with Gasteiger partial charge in [0.15, 0.2) is 0 Å². The van der Waals surface area contributed by atoms with E-state index in [1.54, 1.807) is 12.1 Å². The molecule has 0 saturated carbocycles. The first-order valence-electron chi connectivity index (χ1n) is 10.4. The molecule has 4 rings (SSSR count). The zero-order valence-electron chi connectivity index (χ0n) is 16.8. The van der Waals surface area contributed by atoms with E-state index in [0.29, 0.717) is 24.6 Å². The third kappa shape index (κ3) is 4.52. The Morgan fingerprint density at radius 3 is 2.50 bits per heavy atom. The van der Waals surface area contributed by atoms with Crippen molar-refractivity contribution in [2.24, 2.45) is 0 Å². The third-order valence-corrected chi connectivity index (χ3v) is 6.05. The Bertz CT molecular complexity index is 971. The Morgan fingerprint density at radius 2 is 1.83 bits per heavy atom. The summed E-state index contributed by atoms with van der Waals surface area (Å²) in [7, 11) is 0. The third-order valence-electron chi connectivity index (χ3n) is 6.05. The number of rotatable bonds is 5. The molecule has 0 radical (unpaired) electrons. The number of piperazine rings is 1. The molecular formula is C24H25N5O. The first kappa shape index (κ1) is 20.1. The van der Waals surface area contributed by atoms with Crippen LogP contribution in [0, 0.1) is 22.7 Å². The van der Waals surface area contributed by atoms with Gasteiger partial charge in [0.25, 0.3) is 0 Å². The summed E-state index contributed by atoms with van der Waals surface area (Å²) in [6.45, 7) is 2.61. The van der Waals surface area contributed by atoms with Crippen molar-refractivity contribution in [1.82, 2.24) is 15.5 Å². The van der Waals surface area contributed by atoms with Crippen LogP contribution in [0.25, 0.3) is 11.1 Å². The Kier molecular flexibility index (Phi) is 6.09. The lowest BCUT2D eigenvalue weighted by Gasteiger charge is -2.35. The molecule has 152 valence electrons. The van der Waals surface area contributed by atoms with Crippen LogP contribution in [0.2, 0.25) is 0 Å². The summed E-state index contributed by atoms with van der Waals surface area (Å²) in [6.07, 6.45) is 2.86. The van der Waals surface area contributed by atoms with Gasteiger partial charge in [-0.3, -0.25) is 9.69 Å². The van der Waals surface area contributed by atoms with Crippen molar-refractivity contribution in [3.8, 4) is 23.3 Å². The van der Waals surface area contributed by atoms with Crippen LogP contribution in [0.3, 0.4) is 0 Å². The van der Waals surface area contributed by atoms with Crippen molar-refractivity contribution in [2.45, 2.75) is 37.4 Å². The Balaban J connectivity index is 1.34. The van der Waals surface area contributed by atoms with Crippen molar-refractivity contribution in [3.05, 3.63) is 59.7 Å². The first-order valence-corrected chi connectivity index (χ1v) is 10.4. The van der Waals surface area contributed by atoms with Crippen LogP contribution in [0.4, 0.5) is 0 Å². The van der Waals surface area contributed by atoms with E-state index in [1.807, 2.05) is 36.4 Å². The number of carbonyl (C=O) groups is 1. The minimum Gasteiger partial charge on any atom is -0.339 e. The highest BCUT2D eigenvalue weighted by Gasteiger charge is 2.34. The minimum absolute atomic E-state index is 0.0962. The molecule has 0 aliphatic carbocycles. The van der Waals surface area contributed by atoms with Gasteiger partial charge in [0, 0.05) is 25.6 Å². The summed E-state index contributed by atoms with van der Waals surface area (Å²) in [5, 5.41) is 24.7. The smallest absolute Gasteiger partial charge is 0.239 e. The van der Waals surface area contributed by atoms with Gasteiger partial charge in [-0.25, -0.2) is 0 Å². The van der Waals surface area contributed by atoms with E-state index >= 15 is 0 Å². The van der Waals surface area contributed by atoms with Crippen LogP contribution >= 0.6 is 0 Å². The molecule has 6 nitrogen and oxygen atoms in total. The molecule has 2 saturated heterocycles. The van der Waals surface area contributed by atoms with Crippen LogP contribution in [0.5, 0.6) is 0 Å². The zero-order valence-corrected chi connectivity index (χ0v) is 16.8. The van der Waals surface area contributed by atoms with E-state index in [9.17, 15) is 10.1 Å². The summed E-state index contributed by atoms with van der Waals surface area (Å²) in [4.78, 5) is 15.0. The number of fused-ring (bicyclic) bond motifs is 1. The van der Waals surface area contributed by atoms with Crippen molar-refractivity contribution >= 4 is 5.91 Å². The van der Waals surface area contributed by atoms with Crippen LogP contribution < -0.4 is 10.6 Å². The fourth-order valence-electron chi connectivity index (χ4n) is 4.33. The Labute approximate surface area is 177 Å². The van der Waals surface area contributed by atoms with Gasteiger partial charge in [0.05, 0.1) is 23.7 Å². The molecule has 2 aromatic carbocycles. The minimum atomic E-state index is -0.559. The maximum Gasteiger partial charge on any atom is 0.239 e. The fraction of sp³-hybridized carbons (Fsp3) is 0.375. The molecule has 1 amide bonds. The van der Waals surface area contributed by atoms with Gasteiger partial charge in [0.1, 0.15) is 6.04 Å². The van der Waals surface area contributed by atoms with Crippen molar-refractivity contribution < 1.29 is 4.79 Å². The van der Waals surface area contributed by atoms with Gasteiger partial charge in [-0.05, 0) is 48.2 Å². The molecular weight excluding hydrogens is 374 g/mol. The molecule has 2 heterocycles. The summed E-state index contributed by atoms with van der Waals surface area (Å²) in [5.41, 5.74) is 3.72. The predicted octanol–water partition coefficient (Wildman–Crippen LogP) is 2.21. The molecule has 0 bridgehead atoms.